The highest BCUT2D eigenvalue weighted by molar-refractivity contribution is 5.82. The fourth-order valence-electron chi connectivity index (χ4n) is 3.03. The Morgan fingerprint density at radius 3 is 2.62 bits per heavy atom. The van der Waals surface area contributed by atoms with Crippen molar-refractivity contribution in [1.82, 2.24) is 9.66 Å². The maximum atomic E-state index is 13.1. The molecular formula is C24H21N3O2. The van der Waals surface area contributed by atoms with Gasteiger partial charge < -0.3 is 4.74 Å². The average Bonchev–Trinajstić information content (AvgIpc) is 2.78. The van der Waals surface area contributed by atoms with E-state index in [4.69, 9.17) is 9.72 Å². The molecule has 0 bridgehead atoms. The summed E-state index contributed by atoms with van der Waals surface area (Å²) >= 11 is 0. The summed E-state index contributed by atoms with van der Waals surface area (Å²) in [5, 5.41) is 5.02. The van der Waals surface area contributed by atoms with E-state index < -0.39 is 0 Å². The third-order valence-electron chi connectivity index (χ3n) is 4.44. The van der Waals surface area contributed by atoms with Crippen molar-refractivity contribution in [2.75, 3.05) is 6.61 Å². The van der Waals surface area contributed by atoms with E-state index in [-0.39, 0.29) is 5.56 Å². The summed E-state index contributed by atoms with van der Waals surface area (Å²) in [6.07, 6.45) is 2.60. The largest absolute Gasteiger partial charge is 0.494 e. The molecule has 1 heterocycles. The number of ether oxygens (including phenoxy) is 1. The van der Waals surface area contributed by atoms with Crippen LogP contribution in [0, 0.1) is 0 Å². The van der Waals surface area contributed by atoms with Gasteiger partial charge in [0.05, 0.1) is 23.7 Å². The first-order valence-electron chi connectivity index (χ1n) is 9.60. The molecule has 0 spiro atoms. The number of para-hydroxylation sites is 1. The van der Waals surface area contributed by atoms with Crippen LogP contribution < -0.4 is 10.3 Å². The minimum Gasteiger partial charge on any atom is -0.494 e. The van der Waals surface area contributed by atoms with Crippen LogP contribution in [-0.2, 0) is 0 Å². The summed E-state index contributed by atoms with van der Waals surface area (Å²) in [6, 6.07) is 24.6. The number of benzene rings is 3. The van der Waals surface area contributed by atoms with Gasteiger partial charge in [-0.1, -0.05) is 61.5 Å². The molecule has 4 aromatic rings. The van der Waals surface area contributed by atoms with Crippen LogP contribution in [0.25, 0.3) is 22.3 Å². The monoisotopic (exact) mass is 383 g/mol. The maximum absolute atomic E-state index is 13.1. The molecular weight excluding hydrogens is 362 g/mol. The van der Waals surface area contributed by atoms with Crippen LogP contribution in [0.1, 0.15) is 18.9 Å². The molecule has 0 saturated heterocycles. The van der Waals surface area contributed by atoms with Crippen molar-refractivity contribution in [1.29, 1.82) is 0 Å². The van der Waals surface area contributed by atoms with Crippen LogP contribution in [0.2, 0.25) is 0 Å². The molecule has 1 aromatic heterocycles. The molecule has 0 N–H and O–H groups in total. The second-order valence-electron chi connectivity index (χ2n) is 6.60. The summed E-state index contributed by atoms with van der Waals surface area (Å²) < 4.78 is 7.04. The summed E-state index contributed by atoms with van der Waals surface area (Å²) in [4.78, 5) is 17.8. The minimum atomic E-state index is -0.205. The van der Waals surface area contributed by atoms with E-state index in [2.05, 4.69) is 12.0 Å². The Labute approximate surface area is 168 Å². The molecule has 0 radical (unpaired) electrons. The predicted molar refractivity (Wildman–Crippen MR) is 117 cm³/mol. The number of rotatable bonds is 6. The van der Waals surface area contributed by atoms with Gasteiger partial charge in [-0.25, -0.2) is 4.98 Å². The topological polar surface area (TPSA) is 56.5 Å². The highest BCUT2D eigenvalue weighted by Gasteiger charge is 2.11. The van der Waals surface area contributed by atoms with E-state index in [1.807, 2.05) is 72.8 Å². The van der Waals surface area contributed by atoms with Gasteiger partial charge in [-0.15, -0.1) is 0 Å². The molecule has 0 aliphatic heterocycles. The van der Waals surface area contributed by atoms with Crippen molar-refractivity contribution >= 4 is 17.1 Å². The Morgan fingerprint density at radius 1 is 1.00 bits per heavy atom. The molecule has 0 aliphatic carbocycles. The van der Waals surface area contributed by atoms with Crippen molar-refractivity contribution in [3.63, 3.8) is 0 Å². The molecule has 4 rings (SSSR count). The van der Waals surface area contributed by atoms with Crippen LogP contribution in [0.15, 0.2) is 88.8 Å². The van der Waals surface area contributed by atoms with Crippen molar-refractivity contribution in [2.24, 2.45) is 5.10 Å². The zero-order valence-electron chi connectivity index (χ0n) is 16.2. The van der Waals surface area contributed by atoms with Gasteiger partial charge in [-0.3, -0.25) is 4.79 Å². The van der Waals surface area contributed by atoms with Gasteiger partial charge >= 0.3 is 0 Å². The van der Waals surface area contributed by atoms with Gasteiger partial charge in [0.1, 0.15) is 5.75 Å². The molecule has 5 heteroatoms. The molecule has 0 unspecified atom stereocenters. The van der Waals surface area contributed by atoms with Gasteiger partial charge in [0.15, 0.2) is 5.82 Å². The second kappa shape index (κ2) is 8.52. The van der Waals surface area contributed by atoms with Crippen LogP contribution in [0.4, 0.5) is 0 Å². The van der Waals surface area contributed by atoms with E-state index in [0.717, 1.165) is 23.3 Å². The third kappa shape index (κ3) is 4.09. The minimum absolute atomic E-state index is 0.205. The number of hydrogen-bond acceptors (Lipinski definition) is 4. The number of nitrogens with zero attached hydrogens (tertiary/aromatic N) is 3. The molecule has 0 fully saturated rings. The zero-order valence-corrected chi connectivity index (χ0v) is 16.2. The summed E-state index contributed by atoms with van der Waals surface area (Å²) in [5.74, 6) is 1.28. The Hall–Kier alpha value is -3.73. The fourth-order valence-corrected chi connectivity index (χ4v) is 3.03. The molecule has 0 amide bonds. The van der Waals surface area contributed by atoms with Gasteiger partial charge in [0.25, 0.3) is 5.56 Å². The molecule has 3 aromatic carbocycles. The van der Waals surface area contributed by atoms with E-state index in [1.165, 1.54) is 4.68 Å². The summed E-state index contributed by atoms with van der Waals surface area (Å²) in [6.45, 7) is 2.72. The number of hydrogen-bond donors (Lipinski definition) is 0. The Kier molecular flexibility index (Phi) is 5.47. The molecule has 0 aliphatic rings. The van der Waals surface area contributed by atoms with Gasteiger partial charge in [0.2, 0.25) is 0 Å². The zero-order chi connectivity index (χ0) is 20.1. The first-order chi connectivity index (χ1) is 14.3. The van der Waals surface area contributed by atoms with Crippen molar-refractivity contribution in [2.45, 2.75) is 13.3 Å². The summed E-state index contributed by atoms with van der Waals surface area (Å²) in [5.41, 5.74) is 2.12. The Balaban J connectivity index is 1.81. The van der Waals surface area contributed by atoms with E-state index in [9.17, 15) is 4.79 Å². The van der Waals surface area contributed by atoms with Crippen LogP contribution in [0.3, 0.4) is 0 Å². The average molecular weight is 383 g/mol. The lowest BCUT2D eigenvalue weighted by Crippen LogP contribution is -2.20. The quantitative estimate of drug-likeness (QED) is 0.452. The van der Waals surface area contributed by atoms with Crippen molar-refractivity contribution < 1.29 is 4.74 Å². The summed E-state index contributed by atoms with van der Waals surface area (Å²) in [7, 11) is 0. The Morgan fingerprint density at radius 2 is 1.79 bits per heavy atom. The first kappa shape index (κ1) is 18.6. The third-order valence-corrected chi connectivity index (χ3v) is 4.44. The lowest BCUT2D eigenvalue weighted by molar-refractivity contribution is 0.317. The Bertz CT molecular complexity index is 1210. The maximum Gasteiger partial charge on any atom is 0.282 e. The lowest BCUT2D eigenvalue weighted by atomic mass is 10.2. The molecule has 29 heavy (non-hydrogen) atoms. The normalized spacial score (nSPS) is 11.2. The lowest BCUT2D eigenvalue weighted by Gasteiger charge is -2.09. The molecule has 5 nitrogen and oxygen atoms in total. The van der Waals surface area contributed by atoms with Crippen LogP contribution in [0.5, 0.6) is 5.75 Å². The number of fused-ring (bicyclic) bond motifs is 1. The standard InChI is InChI=1S/C24H21N3O2/c1-2-15-29-20-12-8-9-18(16-20)17-25-27-23(19-10-4-3-5-11-19)26-22-14-7-6-13-21(22)24(27)28/h3-14,16-17H,2,15H2,1H3/b25-17+. The highest BCUT2D eigenvalue weighted by Crippen LogP contribution is 2.19. The van der Waals surface area contributed by atoms with Crippen molar-refractivity contribution in [3.8, 4) is 17.1 Å². The SMILES string of the molecule is CCCOc1cccc(/C=N/n2c(-c3ccccc3)nc3ccccc3c2=O)c1. The fraction of sp³-hybridized carbons (Fsp3) is 0.125. The molecule has 144 valence electrons. The van der Waals surface area contributed by atoms with E-state index >= 15 is 0 Å². The van der Waals surface area contributed by atoms with Gasteiger partial charge in [0, 0.05) is 5.56 Å². The van der Waals surface area contributed by atoms with Crippen LogP contribution in [-0.4, -0.2) is 22.5 Å². The number of aromatic nitrogens is 2. The molecule has 0 saturated carbocycles. The smallest absolute Gasteiger partial charge is 0.282 e. The van der Waals surface area contributed by atoms with E-state index in [0.29, 0.717) is 23.3 Å². The second-order valence-corrected chi connectivity index (χ2v) is 6.60. The highest BCUT2D eigenvalue weighted by atomic mass is 16.5. The van der Waals surface area contributed by atoms with Gasteiger partial charge in [-0.05, 0) is 36.2 Å². The molecule has 0 atom stereocenters. The predicted octanol–water partition coefficient (Wildman–Crippen LogP) is 4.73. The van der Waals surface area contributed by atoms with Crippen molar-refractivity contribution in [3.05, 3.63) is 94.8 Å². The van der Waals surface area contributed by atoms with E-state index in [1.54, 1.807) is 12.3 Å². The first-order valence-corrected chi connectivity index (χ1v) is 9.60. The van der Waals surface area contributed by atoms with Gasteiger partial charge in [-0.2, -0.15) is 9.78 Å². The van der Waals surface area contributed by atoms with Crippen LogP contribution >= 0.6 is 0 Å².